The van der Waals surface area contributed by atoms with Crippen LogP contribution in [0.25, 0.3) is 0 Å². The molecule has 0 saturated carbocycles. The summed E-state index contributed by atoms with van der Waals surface area (Å²) in [6, 6.07) is 14.8. The number of carbonyl (C=O) groups excluding carboxylic acids is 1. The van der Waals surface area contributed by atoms with Gasteiger partial charge in [-0.1, -0.05) is 30.3 Å². The average molecular weight is 405 g/mol. The number of para-hydroxylation sites is 1. The van der Waals surface area contributed by atoms with E-state index in [9.17, 15) is 17.6 Å². The maximum atomic E-state index is 13.2. The molecule has 0 aliphatic carbocycles. The van der Waals surface area contributed by atoms with Crippen molar-refractivity contribution in [2.75, 3.05) is 37.3 Å². The van der Waals surface area contributed by atoms with Gasteiger partial charge in [0.15, 0.2) is 0 Å². The number of benzene rings is 2. The molecule has 0 bridgehead atoms. The summed E-state index contributed by atoms with van der Waals surface area (Å²) in [6.45, 7) is 2.58. The highest BCUT2D eigenvalue weighted by atomic mass is 32.2. The second-order valence-corrected chi connectivity index (χ2v) is 8.68. The maximum Gasteiger partial charge on any atom is 0.224 e. The molecule has 28 heavy (non-hydrogen) atoms. The highest BCUT2D eigenvalue weighted by Crippen LogP contribution is 2.21. The van der Waals surface area contributed by atoms with Crippen molar-refractivity contribution in [2.24, 2.45) is 0 Å². The minimum Gasteiger partial charge on any atom is -0.368 e. The molecule has 1 aliphatic rings. The molecule has 8 heteroatoms. The number of hydrogen-bond donors (Lipinski definition) is 1. The minimum absolute atomic E-state index is 0.00988. The molecule has 0 aromatic heterocycles. The van der Waals surface area contributed by atoms with Crippen LogP contribution in [0.4, 0.5) is 10.1 Å². The predicted molar refractivity (Wildman–Crippen MR) is 107 cm³/mol. The third kappa shape index (κ3) is 5.53. The summed E-state index contributed by atoms with van der Waals surface area (Å²) in [5, 5.41) is 0. The Balaban J connectivity index is 1.64. The maximum absolute atomic E-state index is 13.2. The van der Waals surface area contributed by atoms with Gasteiger partial charge in [-0.3, -0.25) is 4.79 Å². The van der Waals surface area contributed by atoms with Crippen molar-refractivity contribution < 1.29 is 17.6 Å². The first kappa shape index (κ1) is 20.3. The molecule has 1 aliphatic heterocycles. The largest absolute Gasteiger partial charge is 0.368 e. The van der Waals surface area contributed by atoms with E-state index in [4.69, 9.17) is 0 Å². The molecule has 0 spiro atoms. The Labute approximate surface area is 165 Å². The number of sulfonamides is 1. The Morgan fingerprint density at radius 1 is 1.04 bits per heavy atom. The summed E-state index contributed by atoms with van der Waals surface area (Å²) < 4.78 is 39.1. The van der Waals surface area contributed by atoms with Gasteiger partial charge in [-0.05, 0) is 29.8 Å². The monoisotopic (exact) mass is 405 g/mol. The molecule has 3 rings (SSSR count). The van der Waals surface area contributed by atoms with Gasteiger partial charge in [0.05, 0.1) is 12.3 Å². The number of rotatable bonds is 6. The van der Waals surface area contributed by atoms with Gasteiger partial charge in [-0.15, -0.1) is 0 Å². The second-order valence-electron chi connectivity index (χ2n) is 6.90. The summed E-state index contributed by atoms with van der Waals surface area (Å²) >= 11 is 0. The first-order valence-electron chi connectivity index (χ1n) is 9.12. The Morgan fingerprint density at radius 3 is 2.21 bits per heavy atom. The van der Waals surface area contributed by atoms with Gasteiger partial charge in [0, 0.05) is 38.3 Å². The fourth-order valence-corrected chi connectivity index (χ4v) is 4.07. The van der Waals surface area contributed by atoms with Crippen LogP contribution in [-0.4, -0.2) is 51.7 Å². The topological polar surface area (TPSA) is 69.7 Å². The number of hydrogen-bond acceptors (Lipinski definition) is 4. The number of nitrogens with zero attached hydrogens (tertiary/aromatic N) is 2. The standard InChI is InChI=1S/C20H24FN3O3S/c1-28(26,27)22-19(16-7-9-17(21)10-8-16)15-20(25)24-13-11-23(12-14-24)18-5-3-2-4-6-18/h2-10,19,22H,11-15H2,1H3/t19-/m1/s1. The molecule has 2 aromatic rings. The zero-order chi connectivity index (χ0) is 20.1. The van der Waals surface area contributed by atoms with Crippen LogP contribution in [0.2, 0.25) is 0 Å². The summed E-state index contributed by atoms with van der Waals surface area (Å²) in [4.78, 5) is 16.7. The van der Waals surface area contributed by atoms with Crippen LogP contribution >= 0.6 is 0 Å². The zero-order valence-electron chi connectivity index (χ0n) is 15.7. The van der Waals surface area contributed by atoms with E-state index in [1.165, 1.54) is 24.3 Å². The Bertz CT molecular complexity index is 896. The second kappa shape index (κ2) is 8.70. The fraction of sp³-hybridized carbons (Fsp3) is 0.350. The first-order chi connectivity index (χ1) is 13.3. The number of amides is 1. The molecule has 0 radical (unpaired) electrons. The van der Waals surface area contributed by atoms with E-state index < -0.39 is 21.9 Å². The van der Waals surface area contributed by atoms with Gasteiger partial charge in [0.1, 0.15) is 5.82 Å². The minimum atomic E-state index is -3.53. The lowest BCUT2D eigenvalue weighted by Gasteiger charge is -2.36. The number of carbonyl (C=O) groups is 1. The number of nitrogens with one attached hydrogen (secondary N) is 1. The summed E-state index contributed by atoms with van der Waals surface area (Å²) in [7, 11) is -3.53. The van der Waals surface area contributed by atoms with Crippen molar-refractivity contribution in [1.82, 2.24) is 9.62 Å². The van der Waals surface area contributed by atoms with Crippen LogP contribution in [0.15, 0.2) is 54.6 Å². The Hall–Kier alpha value is -2.45. The van der Waals surface area contributed by atoms with Crippen molar-refractivity contribution in [1.29, 1.82) is 0 Å². The van der Waals surface area contributed by atoms with Crippen LogP contribution in [0.3, 0.4) is 0 Å². The highest BCUT2D eigenvalue weighted by molar-refractivity contribution is 7.88. The van der Waals surface area contributed by atoms with Gasteiger partial charge >= 0.3 is 0 Å². The molecule has 1 saturated heterocycles. The van der Waals surface area contributed by atoms with Crippen molar-refractivity contribution >= 4 is 21.6 Å². The van der Waals surface area contributed by atoms with Gasteiger partial charge in [0.2, 0.25) is 15.9 Å². The zero-order valence-corrected chi connectivity index (χ0v) is 16.5. The lowest BCUT2D eigenvalue weighted by molar-refractivity contribution is -0.132. The van der Waals surface area contributed by atoms with E-state index in [1.54, 1.807) is 4.90 Å². The smallest absolute Gasteiger partial charge is 0.224 e. The SMILES string of the molecule is CS(=O)(=O)N[C@H](CC(=O)N1CCN(c2ccccc2)CC1)c1ccc(F)cc1. The lowest BCUT2D eigenvalue weighted by Crippen LogP contribution is -2.49. The molecular weight excluding hydrogens is 381 g/mol. The van der Waals surface area contributed by atoms with Crippen LogP contribution < -0.4 is 9.62 Å². The summed E-state index contributed by atoms with van der Waals surface area (Å²) in [6.07, 6.45) is 1.04. The fourth-order valence-electron chi connectivity index (χ4n) is 3.34. The normalized spacial score (nSPS) is 16.1. The van der Waals surface area contributed by atoms with Gasteiger partial charge in [-0.25, -0.2) is 17.5 Å². The highest BCUT2D eigenvalue weighted by Gasteiger charge is 2.26. The van der Waals surface area contributed by atoms with Crippen molar-refractivity contribution in [3.63, 3.8) is 0 Å². The third-order valence-corrected chi connectivity index (χ3v) is 5.47. The van der Waals surface area contributed by atoms with Gasteiger partial charge < -0.3 is 9.80 Å². The average Bonchev–Trinajstić information content (AvgIpc) is 2.68. The molecule has 1 atom stereocenters. The van der Waals surface area contributed by atoms with Crippen LogP contribution in [0, 0.1) is 5.82 Å². The van der Waals surface area contributed by atoms with Crippen molar-refractivity contribution in [3.8, 4) is 0 Å². The molecule has 1 amide bonds. The quantitative estimate of drug-likeness (QED) is 0.800. The van der Waals surface area contributed by atoms with Crippen LogP contribution in [-0.2, 0) is 14.8 Å². The Kier molecular flexibility index (Phi) is 6.31. The number of piperazine rings is 1. The molecule has 150 valence electrons. The van der Waals surface area contributed by atoms with E-state index in [-0.39, 0.29) is 12.3 Å². The van der Waals surface area contributed by atoms with E-state index in [0.717, 1.165) is 25.0 Å². The van der Waals surface area contributed by atoms with E-state index >= 15 is 0 Å². The van der Waals surface area contributed by atoms with Crippen molar-refractivity contribution in [2.45, 2.75) is 12.5 Å². The molecule has 1 heterocycles. The molecule has 0 unspecified atom stereocenters. The number of anilines is 1. The molecule has 2 aromatic carbocycles. The molecule has 6 nitrogen and oxygen atoms in total. The van der Waals surface area contributed by atoms with Crippen LogP contribution in [0.5, 0.6) is 0 Å². The predicted octanol–water partition coefficient (Wildman–Crippen LogP) is 2.15. The Morgan fingerprint density at radius 2 is 1.64 bits per heavy atom. The van der Waals surface area contributed by atoms with E-state index in [0.29, 0.717) is 18.7 Å². The van der Waals surface area contributed by atoms with Gasteiger partial charge in [-0.2, -0.15) is 0 Å². The molecule has 1 fully saturated rings. The van der Waals surface area contributed by atoms with Crippen LogP contribution in [0.1, 0.15) is 18.0 Å². The number of halogens is 1. The molecular formula is C20H24FN3O3S. The van der Waals surface area contributed by atoms with Crippen molar-refractivity contribution in [3.05, 3.63) is 66.0 Å². The third-order valence-electron chi connectivity index (χ3n) is 4.76. The van der Waals surface area contributed by atoms with Gasteiger partial charge in [0.25, 0.3) is 0 Å². The first-order valence-corrected chi connectivity index (χ1v) is 11.0. The molecule has 1 N–H and O–H groups in total. The summed E-state index contributed by atoms with van der Waals surface area (Å²) in [5.74, 6) is -0.539. The van der Waals surface area contributed by atoms with E-state index in [2.05, 4.69) is 9.62 Å². The lowest BCUT2D eigenvalue weighted by atomic mass is 10.0. The summed E-state index contributed by atoms with van der Waals surface area (Å²) in [5.41, 5.74) is 1.68. The van der Waals surface area contributed by atoms with E-state index in [1.807, 2.05) is 30.3 Å².